The molecular weight excluding hydrogens is 304 g/mol. The number of amides is 1. The molecule has 2 rings (SSSR count). The van der Waals surface area contributed by atoms with Gasteiger partial charge in [-0.1, -0.05) is 27.7 Å². The number of hydrogen-bond donors (Lipinski definition) is 5. The Morgan fingerprint density at radius 1 is 1.35 bits per heavy atom. The molecule has 2 fully saturated rings. The van der Waals surface area contributed by atoms with Crippen LogP contribution in [-0.4, -0.2) is 50.9 Å². The lowest BCUT2D eigenvalue weighted by molar-refractivity contribution is -0.151. The average molecular weight is 330 g/mol. The molecule has 6 N–H and O–H groups in total. The van der Waals surface area contributed by atoms with E-state index < -0.39 is 53.3 Å². The Morgan fingerprint density at radius 3 is 2.30 bits per heavy atom. The molecule has 0 aliphatic heterocycles. The van der Waals surface area contributed by atoms with Crippen LogP contribution in [0.3, 0.4) is 0 Å². The molecule has 2 aliphatic carbocycles. The lowest BCUT2D eigenvalue weighted by Gasteiger charge is -2.31. The third-order valence-electron chi connectivity index (χ3n) is 5.19. The molecule has 0 aromatic rings. The van der Waals surface area contributed by atoms with Gasteiger partial charge in [0.2, 0.25) is 5.91 Å². The van der Waals surface area contributed by atoms with Gasteiger partial charge in [0, 0.05) is 18.3 Å². The maximum Gasteiger partial charge on any atom is 0.329 e. The molecule has 1 unspecified atom stereocenters. The van der Waals surface area contributed by atoms with Gasteiger partial charge in [0.15, 0.2) is 0 Å². The van der Waals surface area contributed by atoms with Crippen LogP contribution in [0.25, 0.3) is 0 Å². The van der Waals surface area contributed by atoms with Crippen molar-refractivity contribution in [3.63, 3.8) is 0 Å². The SMILES string of the molecule is C.CCC(C)[C@H](N)C(=O)N[C@@]1(C(=O)O)C[C@H](O)[C@H]2[C@H](C(=O)O)[C@H]21. The van der Waals surface area contributed by atoms with Crippen LogP contribution in [0.15, 0.2) is 0 Å². The lowest BCUT2D eigenvalue weighted by Crippen LogP contribution is -2.60. The number of nitrogens with one attached hydrogen (secondary N) is 1. The maximum atomic E-state index is 12.2. The average Bonchev–Trinajstić information content (AvgIpc) is 3.14. The summed E-state index contributed by atoms with van der Waals surface area (Å²) in [5.74, 6) is -5.62. The van der Waals surface area contributed by atoms with Crippen molar-refractivity contribution >= 4 is 17.8 Å². The molecule has 2 aliphatic rings. The first-order chi connectivity index (χ1) is 10.2. The highest BCUT2D eigenvalue weighted by molar-refractivity contribution is 5.92. The van der Waals surface area contributed by atoms with E-state index in [-0.39, 0.29) is 19.8 Å². The summed E-state index contributed by atoms with van der Waals surface area (Å²) >= 11 is 0. The van der Waals surface area contributed by atoms with Gasteiger partial charge in [0.1, 0.15) is 5.54 Å². The van der Waals surface area contributed by atoms with E-state index in [0.717, 1.165) is 0 Å². The van der Waals surface area contributed by atoms with Gasteiger partial charge in [-0.3, -0.25) is 9.59 Å². The summed E-state index contributed by atoms with van der Waals surface area (Å²) in [5.41, 5.74) is 4.06. The first-order valence-electron chi connectivity index (χ1n) is 7.39. The second-order valence-corrected chi connectivity index (χ2v) is 6.42. The highest BCUT2D eigenvalue weighted by Crippen LogP contribution is 2.62. The van der Waals surface area contributed by atoms with E-state index in [1.165, 1.54) is 0 Å². The molecular formula is C15H26N2O6. The van der Waals surface area contributed by atoms with Crippen molar-refractivity contribution < 1.29 is 29.7 Å². The predicted octanol–water partition coefficient (Wildman–Crippen LogP) is -0.353. The van der Waals surface area contributed by atoms with E-state index in [2.05, 4.69) is 5.32 Å². The second-order valence-electron chi connectivity index (χ2n) is 6.42. The van der Waals surface area contributed by atoms with E-state index in [9.17, 15) is 24.6 Å². The van der Waals surface area contributed by atoms with E-state index in [0.29, 0.717) is 6.42 Å². The van der Waals surface area contributed by atoms with Crippen molar-refractivity contribution in [1.29, 1.82) is 0 Å². The molecule has 2 saturated carbocycles. The Bertz CT molecular complexity index is 510. The number of fused-ring (bicyclic) bond motifs is 1. The monoisotopic (exact) mass is 330 g/mol. The third kappa shape index (κ3) is 2.92. The van der Waals surface area contributed by atoms with Gasteiger partial charge in [-0.05, 0) is 5.92 Å². The highest BCUT2D eigenvalue weighted by Gasteiger charge is 2.75. The molecule has 0 saturated heterocycles. The zero-order chi connectivity index (χ0) is 16.8. The molecule has 23 heavy (non-hydrogen) atoms. The molecule has 132 valence electrons. The van der Waals surface area contributed by atoms with Crippen molar-refractivity contribution in [3.05, 3.63) is 0 Å². The van der Waals surface area contributed by atoms with Gasteiger partial charge < -0.3 is 26.4 Å². The van der Waals surface area contributed by atoms with E-state index >= 15 is 0 Å². The lowest BCUT2D eigenvalue weighted by atomic mass is 9.88. The van der Waals surface area contributed by atoms with Crippen LogP contribution in [0.1, 0.15) is 34.1 Å². The van der Waals surface area contributed by atoms with Crippen LogP contribution in [0.2, 0.25) is 0 Å². The summed E-state index contributed by atoms with van der Waals surface area (Å²) in [6, 6.07) is -0.876. The number of carbonyl (C=O) groups excluding carboxylic acids is 1. The molecule has 1 amide bonds. The molecule has 8 heteroatoms. The number of hydrogen-bond acceptors (Lipinski definition) is 5. The molecule has 8 nitrogen and oxygen atoms in total. The Balaban J connectivity index is 0.00000264. The molecule has 0 bridgehead atoms. The van der Waals surface area contributed by atoms with Crippen molar-refractivity contribution in [3.8, 4) is 0 Å². The summed E-state index contributed by atoms with van der Waals surface area (Å²) in [5, 5.41) is 31.0. The number of aliphatic hydroxyl groups excluding tert-OH is 1. The molecule has 0 spiro atoms. The summed E-state index contributed by atoms with van der Waals surface area (Å²) in [6.45, 7) is 3.64. The van der Waals surface area contributed by atoms with Crippen LogP contribution in [0, 0.1) is 23.7 Å². The Hall–Kier alpha value is -1.67. The third-order valence-corrected chi connectivity index (χ3v) is 5.19. The Kier molecular flexibility index (Phi) is 5.43. The summed E-state index contributed by atoms with van der Waals surface area (Å²) in [6.07, 6.45) is -0.594. The standard InChI is InChI=1S/C14H22N2O6.CH4/c1-3-5(2)10(15)11(18)16-14(13(21)22)4-6(17)7-8(9(7)14)12(19)20;/h5-10,17H,3-4,15H2,1-2H3,(H,16,18)(H,19,20)(H,21,22);1H4/t5?,6-,7-,8-,9-,10-,14-;/m0./s1. The van der Waals surface area contributed by atoms with Gasteiger partial charge in [-0.25, -0.2) is 4.79 Å². The first kappa shape index (κ1) is 19.4. The number of rotatable bonds is 6. The first-order valence-corrected chi connectivity index (χ1v) is 7.39. The minimum absolute atomic E-state index is 0. The minimum Gasteiger partial charge on any atom is -0.481 e. The topological polar surface area (TPSA) is 150 Å². The quantitative estimate of drug-likeness (QED) is 0.446. The number of aliphatic hydroxyl groups is 1. The van der Waals surface area contributed by atoms with Crippen LogP contribution in [0.5, 0.6) is 0 Å². The molecule has 0 radical (unpaired) electrons. The fourth-order valence-corrected chi connectivity index (χ4v) is 3.60. The summed E-state index contributed by atoms with van der Waals surface area (Å²) in [7, 11) is 0. The van der Waals surface area contributed by atoms with Crippen LogP contribution < -0.4 is 11.1 Å². The van der Waals surface area contributed by atoms with E-state index in [4.69, 9.17) is 10.8 Å². The van der Waals surface area contributed by atoms with Gasteiger partial charge >= 0.3 is 11.9 Å². The van der Waals surface area contributed by atoms with Crippen molar-refractivity contribution in [2.45, 2.75) is 51.8 Å². The smallest absolute Gasteiger partial charge is 0.329 e. The van der Waals surface area contributed by atoms with Gasteiger partial charge in [-0.2, -0.15) is 0 Å². The number of carboxylic acids is 2. The number of nitrogens with two attached hydrogens (primary N) is 1. The zero-order valence-electron chi connectivity index (χ0n) is 12.5. The van der Waals surface area contributed by atoms with E-state index in [1.54, 1.807) is 6.92 Å². The fraction of sp³-hybridized carbons (Fsp3) is 0.800. The largest absolute Gasteiger partial charge is 0.481 e. The van der Waals surface area contributed by atoms with Gasteiger partial charge in [-0.15, -0.1) is 0 Å². The van der Waals surface area contributed by atoms with Crippen LogP contribution in [0.4, 0.5) is 0 Å². The normalized spacial score (nSPS) is 37.0. The molecule has 0 aromatic carbocycles. The van der Waals surface area contributed by atoms with Crippen LogP contribution in [-0.2, 0) is 14.4 Å². The summed E-state index contributed by atoms with van der Waals surface area (Å²) in [4.78, 5) is 35.1. The molecule has 0 heterocycles. The second kappa shape index (κ2) is 6.45. The van der Waals surface area contributed by atoms with Crippen molar-refractivity contribution in [1.82, 2.24) is 5.32 Å². The van der Waals surface area contributed by atoms with Crippen molar-refractivity contribution in [2.24, 2.45) is 29.4 Å². The highest BCUT2D eigenvalue weighted by atomic mass is 16.4. The Labute approximate surface area is 135 Å². The number of aliphatic carboxylic acids is 2. The van der Waals surface area contributed by atoms with Gasteiger partial charge in [0.25, 0.3) is 0 Å². The Morgan fingerprint density at radius 2 is 1.91 bits per heavy atom. The van der Waals surface area contributed by atoms with Crippen LogP contribution >= 0.6 is 0 Å². The fourth-order valence-electron chi connectivity index (χ4n) is 3.60. The predicted molar refractivity (Wildman–Crippen MR) is 81.4 cm³/mol. The number of carbonyl (C=O) groups is 3. The number of carboxylic acid groups (broad SMARTS) is 2. The van der Waals surface area contributed by atoms with Gasteiger partial charge in [0.05, 0.1) is 18.1 Å². The van der Waals surface area contributed by atoms with Crippen molar-refractivity contribution in [2.75, 3.05) is 0 Å². The maximum absolute atomic E-state index is 12.2. The molecule has 0 aromatic heterocycles. The zero-order valence-corrected chi connectivity index (χ0v) is 12.5. The molecule has 7 atom stereocenters. The minimum atomic E-state index is -1.75. The van der Waals surface area contributed by atoms with E-state index in [1.807, 2.05) is 6.92 Å². The summed E-state index contributed by atoms with van der Waals surface area (Å²) < 4.78 is 0.